The van der Waals surface area contributed by atoms with Gasteiger partial charge >= 0.3 is 0 Å². The van der Waals surface area contributed by atoms with Crippen molar-refractivity contribution in [3.05, 3.63) is 65.2 Å². The van der Waals surface area contributed by atoms with Crippen LogP contribution in [0.2, 0.25) is 0 Å². The second-order valence-electron chi connectivity index (χ2n) is 5.33. The van der Waals surface area contributed by atoms with Gasteiger partial charge in [-0.3, -0.25) is 4.79 Å². The van der Waals surface area contributed by atoms with Gasteiger partial charge in [0, 0.05) is 13.0 Å². The van der Waals surface area contributed by atoms with Gasteiger partial charge in [-0.25, -0.2) is 8.78 Å². The van der Waals surface area contributed by atoms with Crippen LogP contribution < -0.4 is 10.1 Å². The zero-order valence-electron chi connectivity index (χ0n) is 13.3. The molecule has 0 aromatic heterocycles. The molecule has 0 aliphatic carbocycles. The van der Waals surface area contributed by atoms with Crippen molar-refractivity contribution in [3.8, 4) is 5.75 Å². The first-order chi connectivity index (χ1) is 11.5. The summed E-state index contributed by atoms with van der Waals surface area (Å²) < 4.78 is 31.6. The van der Waals surface area contributed by atoms with Crippen molar-refractivity contribution in [2.24, 2.45) is 0 Å². The van der Waals surface area contributed by atoms with Gasteiger partial charge in [-0.2, -0.15) is 0 Å². The maximum atomic E-state index is 13.5. The zero-order valence-corrected chi connectivity index (χ0v) is 13.3. The number of hydrogen-bond donors (Lipinski definition) is 2. The number of aryl methyl sites for hydroxylation is 1. The van der Waals surface area contributed by atoms with E-state index in [9.17, 15) is 18.7 Å². The minimum atomic E-state index is -0.856. The molecule has 0 heterocycles. The molecule has 1 amide bonds. The van der Waals surface area contributed by atoms with Crippen molar-refractivity contribution in [1.29, 1.82) is 0 Å². The van der Waals surface area contributed by atoms with Crippen molar-refractivity contribution in [3.63, 3.8) is 0 Å². The van der Waals surface area contributed by atoms with Crippen molar-refractivity contribution < 1.29 is 23.4 Å². The van der Waals surface area contributed by atoms with Gasteiger partial charge in [0.1, 0.15) is 17.4 Å². The lowest BCUT2D eigenvalue weighted by atomic mass is 10.1. The summed E-state index contributed by atoms with van der Waals surface area (Å²) in [5.41, 5.74) is 0.799. The van der Waals surface area contributed by atoms with E-state index in [1.54, 1.807) is 31.4 Å². The summed E-state index contributed by atoms with van der Waals surface area (Å²) in [7, 11) is 1.55. The first kappa shape index (κ1) is 17.9. The molecule has 2 N–H and O–H groups in total. The number of ether oxygens (including phenoxy) is 1. The fraction of sp³-hybridized carbons (Fsp3) is 0.278. The van der Waals surface area contributed by atoms with E-state index in [4.69, 9.17) is 4.74 Å². The first-order valence-corrected chi connectivity index (χ1v) is 7.52. The van der Waals surface area contributed by atoms with Crippen molar-refractivity contribution in [2.45, 2.75) is 18.9 Å². The number of halogens is 2. The predicted octanol–water partition coefficient (Wildman–Crippen LogP) is 2.76. The summed E-state index contributed by atoms with van der Waals surface area (Å²) in [6.07, 6.45) is -0.755. The highest BCUT2D eigenvalue weighted by Crippen LogP contribution is 2.17. The number of carbonyl (C=O) groups is 1. The molecule has 0 bridgehead atoms. The van der Waals surface area contributed by atoms with E-state index in [1.165, 1.54) is 0 Å². The van der Waals surface area contributed by atoms with Crippen LogP contribution in [0.15, 0.2) is 42.5 Å². The third-order valence-corrected chi connectivity index (χ3v) is 3.62. The highest BCUT2D eigenvalue weighted by Gasteiger charge is 2.11. The zero-order chi connectivity index (χ0) is 17.5. The highest BCUT2D eigenvalue weighted by molar-refractivity contribution is 5.76. The molecule has 2 aromatic rings. The molecule has 0 saturated carbocycles. The monoisotopic (exact) mass is 335 g/mol. The van der Waals surface area contributed by atoms with Gasteiger partial charge in [0.2, 0.25) is 5.91 Å². The van der Waals surface area contributed by atoms with Crippen molar-refractivity contribution in [2.75, 3.05) is 13.7 Å². The molecule has 0 fully saturated rings. The summed E-state index contributed by atoms with van der Waals surface area (Å²) in [6, 6.07) is 9.99. The quantitative estimate of drug-likeness (QED) is 0.818. The normalized spacial score (nSPS) is 11.8. The molecule has 2 aromatic carbocycles. The van der Waals surface area contributed by atoms with Gasteiger partial charge in [0.25, 0.3) is 0 Å². The summed E-state index contributed by atoms with van der Waals surface area (Å²) >= 11 is 0. The van der Waals surface area contributed by atoms with Gasteiger partial charge in [0.05, 0.1) is 13.2 Å². The van der Waals surface area contributed by atoms with Gasteiger partial charge < -0.3 is 15.2 Å². The SMILES string of the molecule is COc1ccc(C(O)CNC(=O)CCc2cc(F)ccc2F)cc1. The van der Waals surface area contributed by atoms with Crippen LogP contribution >= 0.6 is 0 Å². The molecule has 6 heteroatoms. The van der Waals surface area contributed by atoms with Crippen LogP contribution in [0.5, 0.6) is 5.75 Å². The third kappa shape index (κ3) is 5.03. The number of carbonyl (C=O) groups excluding carboxylic acids is 1. The molecule has 128 valence electrons. The molecule has 0 saturated heterocycles. The molecule has 4 nitrogen and oxygen atoms in total. The van der Waals surface area contributed by atoms with Crippen molar-refractivity contribution >= 4 is 5.91 Å². The van der Waals surface area contributed by atoms with Gasteiger partial charge in [-0.15, -0.1) is 0 Å². The molecule has 0 aliphatic heterocycles. The van der Waals surface area contributed by atoms with Gasteiger partial charge in [-0.1, -0.05) is 12.1 Å². The average Bonchev–Trinajstić information content (AvgIpc) is 2.60. The van der Waals surface area contributed by atoms with Crippen LogP contribution in [0, 0.1) is 11.6 Å². The highest BCUT2D eigenvalue weighted by atomic mass is 19.1. The lowest BCUT2D eigenvalue weighted by Gasteiger charge is -2.13. The van der Waals surface area contributed by atoms with Crippen LogP contribution in [0.3, 0.4) is 0 Å². The number of methoxy groups -OCH3 is 1. The molecule has 2 rings (SSSR count). The Hall–Kier alpha value is -2.47. The number of amides is 1. The molecule has 0 aliphatic rings. The summed E-state index contributed by atoms with van der Waals surface area (Å²) in [6.45, 7) is 0.0385. The number of aliphatic hydroxyl groups is 1. The van der Waals surface area contributed by atoms with Crippen LogP contribution in [-0.4, -0.2) is 24.7 Å². The Morgan fingerprint density at radius 1 is 1.21 bits per heavy atom. The molecule has 1 unspecified atom stereocenters. The van der Waals surface area contributed by atoms with E-state index >= 15 is 0 Å². The minimum absolute atomic E-state index is 0.00963. The number of rotatable bonds is 7. The maximum Gasteiger partial charge on any atom is 0.220 e. The molecular formula is C18H19F2NO3. The first-order valence-electron chi connectivity index (χ1n) is 7.52. The Morgan fingerprint density at radius 3 is 2.58 bits per heavy atom. The van der Waals surface area contributed by atoms with Crippen molar-refractivity contribution in [1.82, 2.24) is 5.32 Å². The lowest BCUT2D eigenvalue weighted by Crippen LogP contribution is -2.28. The minimum Gasteiger partial charge on any atom is -0.497 e. The van der Waals surface area contributed by atoms with E-state index in [1.807, 2.05) is 0 Å². The maximum absolute atomic E-state index is 13.5. The molecule has 0 spiro atoms. The van der Waals surface area contributed by atoms with Crippen LogP contribution in [-0.2, 0) is 11.2 Å². The van der Waals surface area contributed by atoms with Crippen LogP contribution in [0.25, 0.3) is 0 Å². The number of nitrogens with one attached hydrogen (secondary N) is 1. The lowest BCUT2D eigenvalue weighted by molar-refractivity contribution is -0.121. The second-order valence-corrected chi connectivity index (χ2v) is 5.33. The number of benzene rings is 2. The molecule has 24 heavy (non-hydrogen) atoms. The Bertz CT molecular complexity index is 689. The Balaban J connectivity index is 1.80. The molecule has 0 radical (unpaired) electrons. The number of aliphatic hydroxyl groups excluding tert-OH is 1. The largest absolute Gasteiger partial charge is 0.497 e. The smallest absolute Gasteiger partial charge is 0.220 e. The second kappa shape index (κ2) is 8.40. The topological polar surface area (TPSA) is 58.6 Å². The Labute approximate surface area is 139 Å². The molecule has 1 atom stereocenters. The van der Waals surface area contributed by atoms with Gasteiger partial charge in [-0.05, 0) is 47.9 Å². The van der Waals surface area contributed by atoms with E-state index in [2.05, 4.69) is 5.32 Å². The fourth-order valence-corrected chi connectivity index (χ4v) is 2.23. The average molecular weight is 335 g/mol. The summed E-state index contributed by atoms with van der Waals surface area (Å²) in [4.78, 5) is 11.8. The third-order valence-electron chi connectivity index (χ3n) is 3.62. The summed E-state index contributed by atoms with van der Waals surface area (Å²) in [5.74, 6) is -0.748. The Kier molecular flexibility index (Phi) is 6.26. The summed E-state index contributed by atoms with van der Waals surface area (Å²) in [5, 5.41) is 12.6. The van der Waals surface area contributed by atoms with E-state index in [0.29, 0.717) is 11.3 Å². The van der Waals surface area contributed by atoms with E-state index in [0.717, 1.165) is 18.2 Å². The Morgan fingerprint density at radius 2 is 1.92 bits per heavy atom. The fourth-order valence-electron chi connectivity index (χ4n) is 2.23. The van der Waals surface area contributed by atoms with E-state index < -0.39 is 17.7 Å². The predicted molar refractivity (Wildman–Crippen MR) is 85.6 cm³/mol. The van der Waals surface area contributed by atoms with E-state index in [-0.39, 0.29) is 30.9 Å². The molecular weight excluding hydrogens is 316 g/mol. The number of hydrogen-bond acceptors (Lipinski definition) is 3. The van der Waals surface area contributed by atoms with Crippen LogP contribution in [0.1, 0.15) is 23.7 Å². The van der Waals surface area contributed by atoms with Crippen LogP contribution in [0.4, 0.5) is 8.78 Å². The standard InChI is InChI=1S/C18H19F2NO3/c1-24-15-6-2-12(3-7-15)17(22)11-21-18(23)9-4-13-10-14(19)5-8-16(13)20/h2-3,5-8,10,17,22H,4,9,11H2,1H3,(H,21,23). The van der Waals surface area contributed by atoms with Gasteiger partial charge in [0.15, 0.2) is 0 Å².